The molecule has 1 amide bonds. The summed E-state index contributed by atoms with van der Waals surface area (Å²) in [7, 11) is 1.52. The number of allylic oxidation sites excluding steroid dienone is 1. The summed E-state index contributed by atoms with van der Waals surface area (Å²) in [6.07, 6.45) is 4.92. The highest BCUT2D eigenvalue weighted by Crippen LogP contribution is 2.28. The first kappa shape index (κ1) is 21.8. The topological polar surface area (TPSA) is 82.5 Å². The van der Waals surface area contributed by atoms with Gasteiger partial charge in [0, 0.05) is 18.4 Å². The van der Waals surface area contributed by atoms with Crippen LogP contribution in [0.1, 0.15) is 28.5 Å². The Balaban J connectivity index is 1.60. The smallest absolute Gasteiger partial charge is 0.262 e. The Bertz CT molecular complexity index is 1080. The quantitative estimate of drug-likeness (QED) is 0.416. The van der Waals surface area contributed by atoms with E-state index < -0.39 is 0 Å². The van der Waals surface area contributed by atoms with Gasteiger partial charge in [0.15, 0.2) is 18.1 Å². The van der Waals surface area contributed by atoms with Crippen molar-refractivity contribution in [1.29, 1.82) is 0 Å². The van der Waals surface area contributed by atoms with Crippen LogP contribution in [0.2, 0.25) is 0 Å². The summed E-state index contributed by atoms with van der Waals surface area (Å²) >= 11 is 0. The third kappa shape index (κ3) is 6.05. The van der Waals surface area contributed by atoms with Gasteiger partial charge in [-0.3, -0.25) is 14.3 Å². The highest BCUT2D eigenvalue weighted by molar-refractivity contribution is 6.05. The molecule has 3 rings (SSSR count). The number of nitrogens with one attached hydrogen (secondary N) is 1. The summed E-state index contributed by atoms with van der Waals surface area (Å²) in [5.41, 5.74) is 2.98. The van der Waals surface area contributed by atoms with Crippen molar-refractivity contribution < 1.29 is 19.1 Å². The minimum Gasteiger partial charge on any atom is -0.493 e. The Kier molecular flexibility index (Phi) is 7.22. The van der Waals surface area contributed by atoms with E-state index in [1.54, 1.807) is 41.2 Å². The number of nitrogens with zero attached hydrogens (tertiary/aromatic N) is 2. The van der Waals surface area contributed by atoms with E-state index in [4.69, 9.17) is 9.47 Å². The zero-order chi connectivity index (χ0) is 22.2. The Morgan fingerprint density at radius 1 is 1.10 bits per heavy atom. The molecule has 0 aliphatic rings. The van der Waals surface area contributed by atoms with Crippen molar-refractivity contribution in [3.8, 4) is 11.5 Å². The highest BCUT2D eigenvalue weighted by Gasteiger charge is 2.10. The largest absolute Gasteiger partial charge is 0.493 e. The van der Waals surface area contributed by atoms with Gasteiger partial charge in [-0.25, -0.2) is 0 Å². The van der Waals surface area contributed by atoms with Gasteiger partial charge in [-0.1, -0.05) is 29.8 Å². The van der Waals surface area contributed by atoms with Gasteiger partial charge in [0.05, 0.1) is 7.11 Å². The second-order valence-electron chi connectivity index (χ2n) is 6.87. The van der Waals surface area contributed by atoms with Crippen LogP contribution in [0.4, 0.5) is 5.69 Å². The van der Waals surface area contributed by atoms with Crippen LogP contribution in [0.3, 0.4) is 0 Å². The molecular formula is C24H25N3O4. The van der Waals surface area contributed by atoms with Crippen molar-refractivity contribution in [2.24, 2.45) is 0 Å². The molecule has 31 heavy (non-hydrogen) atoms. The zero-order valence-electron chi connectivity index (χ0n) is 17.8. The third-order valence-corrected chi connectivity index (χ3v) is 4.53. The molecule has 1 aromatic heterocycles. The van der Waals surface area contributed by atoms with Crippen molar-refractivity contribution in [2.45, 2.75) is 20.4 Å². The van der Waals surface area contributed by atoms with Crippen LogP contribution in [0.15, 0.2) is 60.8 Å². The van der Waals surface area contributed by atoms with Gasteiger partial charge in [-0.15, -0.1) is 0 Å². The number of anilines is 1. The number of carbonyl (C=O) groups is 2. The molecule has 0 unspecified atom stereocenters. The second-order valence-corrected chi connectivity index (χ2v) is 6.87. The summed E-state index contributed by atoms with van der Waals surface area (Å²) in [5, 5.41) is 6.98. The van der Waals surface area contributed by atoms with Crippen LogP contribution in [0, 0.1) is 6.92 Å². The van der Waals surface area contributed by atoms with Crippen LogP contribution in [0.25, 0.3) is 6.08 Å². The molecule has 0 atom stereocenters. The Morgan fingerprint density at radius 2 is 1.87 bits per heavy atom. The van der Waals surface area contributed by atoms with Gasteiger partial charge < -0.3 is 14.8 Å². The van der Waals surface area contributed by atoms with Crippen molar-refractivity contribution in [3.05, 3.63) is 77.6 Å². The number of benzene rings is 2. The fraction of sp³-hybridized carbons (Fsp3) is 0.208. The lowest BCUT2D eigenvalue weighted by molar-refractivity contribution is -0.118. The van der Waals surface area contributed by atoms with E-state index in [-0.39, 0.29) is 18.3 Å². The molecule has 0 aliphatic carbocycles. The molecule has 0 aliphatic heterocycles. The van der Waals surface area contributed by atoms with Gasteiger partial charge in [0.1, 0.15) is 5.69 Å². The normalized spacial score (nSPS) is 10.8. The number of ketones is 1. The highest BCUT2D eigenvalue weighted by atomic mass is 16.5. The predicted molar refractivity (Wildman–Crippen MR) is 120 cm³/mol. The number of aromatic nitrogens is 2. The first-order valence-corrected chi connectivity index (χ1v) is 9.91. The monoisotopic (exact) mass is 419 g/mol. The van der Waals surface area contributed by atoms with Crippen molar-refractivity contribution in [2.75, 3.05) is 19.0 Å². The van der Waals surface area contributed by atoms with Crippen LogP contribution in [0.5, 0.6) is 11.5 Å². The van der Waals surface area contributed by atoms with E-state index in [1.165, 1.54) is 13.2 Å². The SMILES string of the molecule is CCn1ccc(C(=O)/C=C/c2ccc(OCC(=O)Nc3ccc(C)cc3)c(OC)c2)n1. The Labute approximate surface area is 181 Å². The standard InChI is InChI=1S/C24H25N3O4/c1-4-27-14-13-20(26-27)21(28)11-7-18-8-12-22(23(15-18)30-3)31-16-24(29)25-19-9-5-17(2)6-10-19/h5-15H,4,16H2,1-3H3,(H,25,29)/b11-7+. The van der Waals surface area contributed by atoms with Crippen LogP contribution in [-0.4, -0.2) is 35.2 Å². The average Bonchev–Trinajstić information content (AvgIpc) is 3.27. The number of hydrogen-bond donors (Lipinski definition) is 1. The first-order valence-electron chi connectivity index (χ1n) is 9.91. The van der Waals surface area contributed by atoms with Gasteiger partial charge in [0.2, 0.25) is 5.78 Å². The van der Waals surface area contributed by atoms with Gasteiger partial charge in [-0.2, -0.15) is 5.10 Å². The van der Waals surface area contributed by atoms with Gasteiger partial charge in [-0.05, 0) is 55.8 Å². The minimum atomic E-state index is -0.271. The number of ether oxygens (including phenoxy) is 2. The molecule has 2 aromatic carbocycles. The van der Waals surface area contributed by atoms with E-state index in [1.807, 2.05) is 38.1 Å². The number of carbonyl (C=O) groups excluding carboxylic acids is 2. The van der Waals surface area contributed by atoms with Crippen LogP contribution >= 0.6 is 0 Å². The third-order valence-electron chi connectivity index (χ3n) is 4.53. The van der Waals surface area contributed by atoms with Crippen molar-refractivity contribution in [1.82, 2.24) is 9.78 Å². The number of amides is 1. The Hall–Kier alpha value is -3.87. The molecule has 160 valence electrons. The summed E-state index contributed by atoms with van der Waals surface area (Å²) in [5.74, 6) is 0.450. The van der Waals surface area contributed by atoms with Crippen molar-refractivity contribution >= 4 is 23.5 Å². The number of aryl methyl sites for hydroxylation is 2. The first-order chi connectivity index (χ1) is 15.0. The molecule has 0 radical (unpaired) electrons. The van der Waals surface area contributed by atoms with E-state index in [0.29, 0.717) is 29.4 Å². The Morgan fingerprint density at radius 3 is 2.55 bits per heavy atom. The maximum atomic E-state index is 12.3. The van der Waals surface area contributed by atoms with E-state index in [2.05, 4.69) is 10.4 Å². The molecule has 1 N–H and O–H groups in total. The van der Waals surface area contributed by atoms with E-state index in [0.717, 1.165) is 11.1 Å². The summed E-state index contributed by atoms with van der Waals surface area (Å²) < 4.78 is 12.7. The molecule has 0 spiro atoms. The van der Waals surface area contributed by atoms with Gasteiger partial charge in [0.25, 0.3) is 5.91 Å². The van der Waals surface area contributed by atoms with Crippen LogP contribution in [-0.2, 0) is 11.3 Å². The zero-order valence-corrected chi connectivity index (χ0v) is 17.8. The number of hydrogen-bond acceptors (Lipinski definition) is 5. The van der Waals surface area contributed by atoms with E-state index >= 15 is 0 Å². The summed E-state index contributed by atoms with van der Waals surface area (Å²) in [6.45, 7) is 4.49. The average molecular weight is 419 g/mol. The molecule has 7 heteroatoms. The summed E-state index contributed by atoms with van der Waals surface area (Å²) in [4.78, 5) is 24.4. The maximum absolute atomic E-state index is 12.3. The molecule has 0 bridgehead atoms. The molecule has 0 saturated heterocycles. The molecule has 7 nitrogen and oxygen atoms in total. The molecule has 3 aromatic rings. The van der Waals surface area contributed by atoms with Gasteiger partial charge >= 0.3 is 0 Å². The fourth-order valence-electron chi connectivity index (χ4n) is 2.81. The minimum absolute atomic E-state index is 0.155. The predicted octanol–water partition coefficient (Wildman–Crippen LogP) is 4.13. The fourth-order valence-corrected chi connectivity index (χ4v) is 2.81. The van der Waals surface area contributed by atoms with Crippen molar-refractivity contribution in [3.63, 3.8) is 0 Å². The molecule has 0 fully saturated rings. The maximum Gasteiger partial charge on any atom is 0.262 e. The second kappa shape index (κ2) is 10.2. The lowest BCUT2D eigenvalue weighted by atomic mass is 10.1. The lowest BCUT2D eigenvalue weighted by Gasteiger charge is -2.11. The molecular weight excluding hydrogens is 394 g/mol. The lowest BCUT2D eigenvalue weighted by Crippen LogP contribution is -2.20. The van der Waals surface area contributed by atoms with E-state index in [9.17, 15) is 9.59 Å². The molecule has 0 saturated carbocycles. The van der Waals surface area contributed by atoms with Crippen LogP contribution < -0.4 is 14.8 Å². The number of rotatable bonds is 9. The number of methoxy groups -OCH3 is 1. The summed E-state index contributed by atoms with van der Waals surface area (Å²) in [6, 6.07) is 14.4. The molecule has 1 heterocycles.